The second-order valence-corrected chi connectivity index (χ2v) is 4.20. The zero-order valence-electron chi connectivity index (χ0n) is 9.90. The number of hydrogen-bond acceptors (Lipinski definition) is 2. The third-order valence-corrected chi connectivity index (χ3v) is 2.81. The quantitative estimate of drug-likeness (QED) is 0.748. The Labute approximate surface area is 92.1 Å². The van der Waals surface area contributed by atoms with Crippen LogP contribution in [0.5, 0.6) is 0 Å². The van der Waals surface area contributed by atoms with Gasteiger partial charge in [-0.3, -0.25) is 0 Å². The van der Waals surface area contributed by atoms with Gasteiger partial charge in [-0.15, -0.1) is 0 Å². The maximum absolute atomic E-state index is 9.18. The topological polar surface area (TPSA) is 37.2 Å². The number of aromatic nitrogens is 1. The Morgan fingerprint density at radius 2 is 2.20 bits per heavy atom. The van der Waals surface area contributed by atoms with Crippen LogP contribution in [0, 0.1) is 5.92 Å². The van der Waals surface area contributed by atoms with Gasteiger partial charge < -0.3 is 15.0 Å². The van der Waals surface area contributed by atoms with Gasteiger partial charge in [0.1, 0.15) is 0 Å². The van der Waals surface area contributed by atoms with Gasteiger partial charge in [-0.25, -0.2) is 0 Å². The summed E-state index contributed by atoms with van der Waals surface area (Å²) in [5.74, 6) is 0.458. The van der Waals surface area contributed by atoms with Gasteiger partial charge >= 0.3 is 0 Å². The summed E-state index contributed by atoms with van der Waals surface area (Å²) in [4.78, 5) is 0. The molecule has 1 heterocycles. The molecule has 3 heteroatoms. The van der Waals surface area contributed by atoms with Crippen molar-refractivity contribution in [2.24, 2.45) is 5.92 Å². The van der Waals surface area contributed by atoms with Crippen molar-refractivity contribution in [1.29, 1.82) is 0 Å². The number of aryl methyl sites for hydroxylation is 1. The highest BCUT2D eigenvalue weighted by Crippen LogP contribution is 2.05. The van der Waals surface area contributed by atoms with E-state index in [0.717, 1.165) is 13.1 Å². The van der Waals surface area contributed by atoms with E-state index in [-0.39, 0.29) is 12.6 Å². The van der Waals surface area contributed by atoms with Crippen molar-refractivity contribution in [2.45, 2.75) is 39.9 Å². The Kier molecular flexibility index (Phi) is 4.85. The molecular formula is C12H22N2O. The van der Waals surface area contributed by atoms with Gasteiger partial charge in [-0.2, -0.15) is 0 Å². The molecule has 15 heavy (non-hydrogen) atoms. The summed E-state index contributed by atoms with van der Waals surface area (Å²) >= 11 is 0. The molecule has 0 amide bonds. The summed E-state index contributed by atoms with van der Waals surface area (Å²) in [6, 6.07) is 4.36. The fourth-order valence-corrected chi connectivity index (χ4v) is 1.67. The van der Waals surface area contributed by atoms with Gasteiger partial charge in [-0.1, -0.05) is 13.8 Å². The first-order valence-corrected chi connectivity index (χ1v) is 5.67. The molecule has 1 aromatic rings. The highest BCUT2D eigenvalue weighted by atomic mass is 16.3. The van der Waals surface area contributed by atoms with E-state index < -0.39 is 0 Å². The summed E-state index contributed by atoms with van der Waals surface area (Å²) < 4.78 is 2.21. The molecule has 0 aliphatic heterocycles. The highest BCUT2D eigenvalue weighted by Gasteiger charge is 2.11. The average molecular weight is 210 g/mol. The third-order valence-electron chi connectivity index (χ3n) is 2.81. The van der Waals surface area contributed by atoms with E-state index >= 15 is 0 Å². The molecule has 0 radical (unpaired) electrons. The zero-order valence-corrected chi connectivity index (χ0v) is 9.90. The summed E-state index contributed by atoms with van der Waals surface area (Å²) in [6.07, 6.45) is 2.08. The first-order valence-electron chi connectivity index (χ1n) is 5.67. The SMILES string of the molecule is CCn1cccc1CNC(CO)C(C)C. The van der Waals surface area contributed by atoms with Crippen LogP contribution in [0.1, 0.15) is 26.5 Å². The summed E-state index contributed by atoms with van der Waals surface area (Å²) in [5.41, 5.74) is 1.27. The monoisotopic (exact) mass is 210 g/mol. The molecule has 2 N–H and O–H groups in total. The maximum Gasteiger partial charge on any atom is 0.0587 e. The standard InChI is InChI=1S/C12H22N2O/c1-4-14-7-5-6-11(14)8-13-12(9-15)10(2)3/h5-7,10,12-13,15H,4,8-9H2,1-3H3. The first kappa shape index (κ1) is 12.3. The van der Waals surface area contributed by atoms with Crippen LogP contribution in [0.3, 0.4) is 0 Å². The number of hydrogen-bond donors (Lipinski definition) is 2. The van der Waals surface area contributed by atoms with Crippen molar-refractivity contribution < 1.29 is 5.11 Å². The van der Waals surface area contributed by atoms with E-state index in [1.54, 1.807) is 0 Å². The van der Waals surface area contributed by atoms with Crippen molar-refractivity contribution >= 4 is 0 Å². The Balaban J connectivity index is 2.48. The van der Waals surface area contributed by atoms with Gasteiger partial charge in [0.2, 0.25) is 0 Å². The van der Waals surface area contributed by atoms with E-state index in [2.05, 4.69) is 49.0 Å². The lowest BCUT2D eigenvalue weighted by Gasteiger charge is -2.20. The highest BCUT2D eigenvalue weighted by molar-refractivity contribution is 5.06. The number of rotatable bonds is 6. The van der Waals surface area contributed by atoms with Crippen molar-refractivity contribution in [1.82, 2.24) is 9.88 Å². The molecule has 0 bridgehead atoms. The fourth-order valence-electron chi connectivity index (χ4n) is 1.67. The van der Waals surface area contributed by atoms with Crippen molar-refractivity contribution in [3.05, 3.63) is 24.0 Å². The van der Waals surface area contributed by atoms with Crippen molar-refractivity contribution in [2.75, 3.05) is 6.61 Å². The van der Waals surface area contributed by atoms with Crippen molar-refractivity contribution in [3.8, 4) is 0 Å². The van der Waals surface area contributed by atoms with Gasteiger partial charge in [0.25, 0.3) is 0 Å². The minimum absolute atomic E-state index is 0.185. The Morgan fingerprint density at radius 3 is 2.73 bits per heavy atom. The number of nitrogens with one attached hydrogen (secondary N) is 1. The molecule has 3 nitrogen and oxygen atoms in total. The largest absolute Gasteiger partial charge is 0.395 e. The van der Waals surface area contributed by atoms with Crippen LogP contribution >= 0.6 is 0 Å². The van der Waals surface area contributed by atoms with Crippen LogP contribution in [0.15, 0.2) is 18.3 Å². The molecule has 0 saturated heterocycles. The molecule has 1 aromatic heterocycles. The molecule has 1 rings (SSSR count). The second-order valence-electron chi connectivity index (χ2n) is 4.20. The second kappa shape index (κ2) is 5.93. The Morgan fingerprint density at radius 1 is 1.47 bits per heavy atom. The van der Waals surface area contributed by atoms with Crippen molar-refractivity contribution in [3.63, 3.8) is 0 Å². The first-order chi connectivity index (χ1) is 7.19. The van der Waals surface area contributed by atoms with Gasteiger partial charge in [0.05, 0.1) is 6.61 Å². The lowest BCUT2D eigenvalue weighted by molar-refractivity contribution is 0.209. The van der Waals surface area contributed by atoms with E-state index in [9.17, 15) is 5.11 Å². The van der Waals surface area contributed by atoms with E-state index in [1.165, 1.54) is 5.69 Å². The molecule has 1 unspecified atom stereocenters. The minimum atomic E-state index is 0.185. The van der Waals surface area contributed by atoms with Crippen LogP contribution in [-0.2, 0) is 13.1 Å². The van der Waals surface area contributed by atoms with Crippen LogP contribution in [0.4, 0.5) is 0 Å². The number of aliphatic hydroxyl groups is 1. The molecule has 86 valence electrons. The predicted molar refractivity (Wildman–Crippen MR) is 62.7 cm³/mol. The normalized spacial score (nSPS) is 13.4. The predicted octanol–water partition coefficient (Wildman–Crippen LogP) is 1.61. The Hall–Kier alpha value is -0.800. The van der Waals surface area contributed by atoms with Gasteiger partial charge in [0.15, 0.2) is 0 Å². The molecule has 0 aromatic carbocycles. The van der Waals surface area contributed by atoms with Gasteiger partial charge in [0, 0.05) is 31.0 Å². The molecule has 0 fully saturated rings. The van der Waals surface area contributed by atoms with E-state index in [4.69, 9.17) is 0 Å². The fraction of sp³-hybridized carbons (Fsp3) is 0.667. The summed E-state index contributed by atoms with van der Waals surface area (Å²) in [7, 11) is 0. The number of nitrogens with zero attached hydrogens (tertiary/aromatic N) is 1. The maximum atomic E-state index is 9.18. The van der Waals surface area contributed by atoms with E-state index in [1.807, 2.05) is 0 Å². The molecule has 1 atom stereocenters. The lowest BCUT2D eigenvalue weighted by atomic mass is 10.1. The smallest absolute Gasteiger partial charge is 0.0587 e. The minimum Gasteiger partial charge on any atom is -0.395 e. The third kappa shape index (κ3) is 3.36. The van der Waals surface area contributed by atoms with E-state index in [0.29, 0.717) is 5.92 Å². The molecule has 0 aliphatic carbocycles. The van der Waals surface area contributed by atoms with Crippen LogP contribution in [-0.4, -0.2) is 22.3 Å². The average Bonchev–Trinajstić information content (AvgIpc) is 2.65. The summed E-state index contributed by atoms with van der Waals surface area (Å²) in [5, 5.41) is 12.6. The Bertz CT molecular complexity index is 281. The molecule has 0 aliphatic rings. The molecule has 0 saturated carbocycles. The zero-order chi connectivity index (χ0) is 11.3. The van der Waals surface area contributed by atoms with Gasteiger partial charge in [-0.05, 0) is 25.0 Å². The number of aliphatic hydroxyl groups excluding tert-OH is 1. The van der Waals surface area contributed by atoms with Crippen LogP contribution < -0.4 is 5.32 Å². The van der Waals surface area contributed by atoms with Crippen LogP contribution in [0.2, 0.25) is 0 Å². The lowest BCUT2D eigenvalue weighted by Crippen LogP contribution is -2.36. The molecular weight excluding hydrogens is 188 g/mol. The van der Waals surface area contributed by atoms with Crippen LogP contribution in [0.25, 0.3) is 0 Å². The molecule has 0 spiro atoms. The summed E-state index contributed by atoms with van der Waals surface area (Å²) in [6.45, 7) is 8.39.